The van der Waals surface area contributed by atoms with E-state index in [2.05, 4.69) is 67.5 Å². The maximum absolute atomic E-state index is 6.14. The number of hydrogen-bond donors (Lipinski definition) is 2. The van der Waals surface area contributed by atoms with E-state index in [-0.39, 0.29) is 11.2 Å². The fourth-order valence-corrected chi connectivity index (χ4v) is 3.18. The molecule has 4 nitrogen and oxygen atoms in total. The number of benzene rings is 1. The Morgan fingerprint density at radius 1 is 1.24 bits per heavy atom. The van der Waals surface area contributed by atoms with E-state index in [1.165, 1.54) is 0 Å². The van der Waals surface area contributed by atoms with E-state index in [0.717, 1.165) is 23.4 Å². The lowest BCUT2D eigenvalue weighted by atomic mass is 9.94. The van der Waals surface area contributed by atoms with Crippen LogP contribution in [0.4, 0.5) is 5.69 Å². The number of aromatic amines is 1. The number of nitrogens with zero attached hydrogens (tertiary/aromatic N) is 1. The molecule has 1 fully saturated rings. The van der Waals surface area contributed by atoms with E-state index >= 15 is 0 Å². The van der Waals surface area contributed by atoms with Crippen molar-refractivity contribution in [3.8, 4) is 11.3 Å². The second-order valence-electron chi connectivity index (χ2n) is 6.92. The Morgan fingerprint density at radius 3 is 2.67 bits per heavy atom. The largest absolute Gasteiger partial charge is 0.379 e. The van der Waals surface area contributed by atoms with Crippen LogP contribution in [0.3, 0.4) is 0 Å². The average Bonchev–Trinajstić information content (AvgIpc) is 2.96. The molecule has 0 aliphatic carbocycles. The van der Waals surface area contributed by atoms with Gasteiger partial charge in [0.05, 0.1) is 22.9 Å². The molecule has 1 aliphatic heterocycles. The molecule has 1 saturated heterocycles. The lowest BCUT2D eigenvalue weighted by Gasteiger charge is -2.28. The molecule has 1 aliphatic rings. The summed E-state index contributed by atoms with van der Waals surface area (Å²) < 4.78 is 6.14. The summed E-state index contributed by atoms with van der Waals surface area (Å²) in [6.07, 6.45) is 2.76. The first-order chi connectivity index (χ1) is 9.86. The van der Waals surface area contributed by atoms with Crippen LogP contribution in [0.5, 0.6) is 0 Å². The predicted octanol–water partition coefficient (Wildman–Crippen LogP) is 3.83. The van der Waals surface area contributed by atoms with Gasteiger partial charge in [-0.3, -0.25) is 5.10 Å². The molecule has 0 bridgehead atoms. The molecule has 112 valence electrons. The summed E-state index contributed by atoms with van der Waals surface area (Å²) >= 11 is 0. The maximum atomic E-state index is 6.14. The number of H-pyrrole nitrogens is 1. The van der Waals surface area contributed by atoms with Crippen molar-refractivity contribution in [2.24, 2.45) is 0 Å². The van der Waals surface area contributed by atoms with Crippen molar-refractivity contribution >= 4 is 5.69 Å². The Bertz CT molecular complexity index is 617. The number of hydrogen-bond acceptors (Lipinski definition) is 3. The zero-order valence-electron chi connectivity index (χ0n) is 13.1. The molecule has 1 aromatic heterocycles. The third-order valence-electron chi connectivity index (χ3n) is 4.09. The van der Waals surface area contributed by atoms with Crippen molar-refractivity contribution in [2.45, 2.75) is 51.4 Å². The van der Waals surface area contributed by atoms with Crippen molar-refractivity contribution in [2.75, 3.05) is 5.32 Å². The summed E-state index contributed by atoms with van der Waals surface area (Å²) in [5.41, 5.74) is 3.02. The Kier molecular flexibility index (Phi) is 3.29. The van der Waals surface area contributed by atoms with Crippen LogP contribution in [0.15, 0.2) is 36.5 Å². The molecule has 2 aromatic rings. The van der Waals surface area contributed by atoms with Crippen LogP contribution < -0.4 is 5.32 Å². The van der Waals surface area contributed by atoms with Gasteiger partial charge in [-0.2, -0.15) is 5.10 Å². The van der Waals surface area contributed by atoms with Crippen molar-refractivity contribution in [1.29, 1.82) is 0 Å². The third-order valence-corrected chi connectivity index (χ3v) is 4.09. The first-order valence-corrected chi connectivity index (χ1v) is 7.42. The smallest absolute Gasteiger partial charge is 0.0834 e. The van der Waals surface area contributed by atoms with Gasteiger partial charge in [-0.05, 0) is 52.3 Å². The average molecular weight is 285 g/mol. The number of rotatable bonds is 3. The number of anilines is 1. The Labute approximate surface area is 125 Å². The molecule has 0 amide bonds. The molecule has 3 rings (SSSR count). The molecule has 0 saturated carbocycles. The molecular weight excluding hydrogens is 262 g/mol. The van der Waals surface area contributed by atoms with Crippen LogP contribution in [-0.2, 0) is 4.74 Å². The maximum Gasteiger partial charge on any atom is 0.0834 e. The van der Waals surface area contributed by atoms with Gasteiger partial charge in [-0.1, -0.05) is 12.1 Å². The third kappa shape index (κ3) is 2.95. The summed E-state index contributed by atoms with van der Waals surface area (Å²) in [5, 5.41) is 10.6. The summed E-state index contributed by atoms with van der Waals surface area (Å²) in [5.74, 6) is 0. The highest BCUT2D eigenvalue weighted by molar-refractivity contribution is 5.64. The SMILES string of the molecule is CC1(C)CC(Nc2cccc(-c3ccn[nH]3)c2)C(C)(C)O1. The fraction of sp³-hybridized carbons (Fsp3) is 0.471. The second kappa shape index (κ2) is 4.88. The van der Waals surface area contributed by atoms with Gasteiger partial charge >= 0.3 is 0 Å². The fourth-order valence-electron chi connectivity index (χ4n) is 3.18. The Morgan fingerprint density at radius 2 is 2.05 bits per heavy atom. The van der Waals surface area contributed by atoms with Gasteiger partial charge in [0.1, 0.15) is 0 Å². The van der Waals surface area contributed by atoms with Crippen molar-refractivity contribution in [1.82, 2.24) is 10.2 Å². The molecule has 0 spiro atoms. The van der Waals surface area contributed by atoms with Crippen LogP contribution in [0.2, 0.25) is 0 Å². The van der Waals surface area contributed by atoms with Gasteiger partial charge in [0.25, 0.3) is 0 Å². The lowest BCUT2D eigenvalue weighted by molar-refractivity contribution is -0.0662. The molecule has 1 aromatic carbocycles. The van der Waals surface area contributed by atoms with Crippen LogP contribution in [-0.4, -0.2) is 27.4 Å². The van der Waals surface area contributed by atoms with Crippen LogP contribution in [0.25, 0.3) is 11.3 Å². The molecular formula is C17H23N3O. The molecule has 0 radical (unpaired) electrons. The van der Waals surface area contributed by atoms with Crippen molar-refractivity contribution in [3.05, 3.63) is 36.5 Å². The van der Waals surface area contributed by atoms with Crippen LogP contribution in [0.1, 0.15) is 34.1 Å². The topological polar surface area (TPSA) is 49.9 Å². The van der Waals surface area contributed by atoms with Gasteiger partial charge < -0.3 is 10.1 Å². The minimum Gasteiger partial charge on any atom is -0.379 e. The van der Waals surface area contributed by atoms with Crippen LogP contribution in [0, 0.1) is 0 Å². The highest BCUT2D eigenvalue weighted by Gasteiger charge is 2.45. The summed E-state index contributed by atoms with van der Waals surface area (Å²) in [6, 6.07) is 10.7. The molecule has 2 heterocycles. The lowest BCUT2D eigenvalue weighted by Crippen LogP contribution is -2.38. The molecule has 4 heteroatoms. The molecule has 1 unspecified atom stereocenters. The quantitative estimate of drug-likeness (QED) is 0.901. The van der Waals surface area contributed by atoms with Gasteiger partial charge in [0, 0.05) is 17.4 Å². The van der Waals surface area contributed by atoms with Gasteiger partial charge in [-0.15, -0.1) is 0 Å². The van der Waals surface area contributed by atoms with Gasteiger partial charge in [0.15, 0.2) is 0 Å². The first kappa shape index (κ1) is 14.1. The van der Waals surface area contributed by atoms with Crippen molar-refractivity contribution < 1.29 is 4.74 Å². The Hall–Kier alpha value is -1.81. The van der Waals surface area contributed by atoms with E-state index in [1.54, 1.807) is 6.20 Å². The predicted molar refractivity (Wildman–Crippen MR) is 85.3 cm³/mol. The minimum absolute atomic E-state index is 0.0812. The van der Waals surface area contributed by atoms with E-state index in [4.69, 9.17) is 4.74 Å². The van der Waals surface area contributed by atoms with E-state index in [0.29, 0.717) is 6.04 Å². The van der Waals surface area contributed by atoms with Crippen LogP contribution >= 0.6 is 0 Å². The summed E-state index contributed by atoms with van der Waals surface area (Å²) in [6.45, 7) is 8.60. The molecule has 1 atom stereocenters. The van der Waals surface area contributed by atoms with E-state index < -0.39 is 0 Å². The van der Waals surface area contributed by atoms with E-state index in [9.17, 15) is 0 Å². The monoisotopic (exact) mass is 285 g/mol. The standard InChI is InChI=1S/C17H23N3O/c1-16(2)11-15(17(3,4)21-16)19-13-7-5-6-12(10-13)14-8-9-18-20-14/h5-10,15,19H,11H2,1-4H3,(H,18,20). The summed E-state index contributed by atoms with van der Waals surface area (Å²) in [7, 11) is 0. The number of ether oxygens (including phenoxy) is 1. The molecule has 2 N–H and O–H groups in total. The van der Waals surface area contributed by atoms with E-state index in [1.807, 2.05) is 6.07 Å². The minimum atomic E-state index is -0.173. The van der Waals surface area contributed by atoms with Crippen molar-refractivity contribution in [3.63, 3.8) is 0 Å². The molecule has 21 heavy (non-hydrogen) atoms. The summed E-state index contributed by atoms with van der Waals surface area (Å²) in [4.78, 5) is 0. The zero-order valence-corrected chi connectivity index (χ0v) is 13.1. The first-order valence-electron chi connectivity index (χ1n) is 7.42. The second-order valence-corrected chi connectivity index (χ2v) is 6.92. The number of nitrogens with one attached hydrogen (secondary N) is 2. The normalized spacial score (nSPS) is 23.1. The Balaban J connectivity index is 1.81. The van der Waals surface area contributed by atoms with Gasteiger partial charge in [-0.25, -0.2) is 0 Å². The highest BCUT2D eigenvalue weighted by atomic mass is 16.5. The highest BCUT2D eigenvalue weighted by Crippen LogP contribution is 2.39. The zero-order chi connectivity index (χ0) is 15.1. The number of aromatic nitrogens is 2. The van der Waals surface area contributed by atoms with Gasteiger partial charge in [0.2, 0.25) is 0 Å².